The second-order valence-corrected chi connectivity index (χ2v) is 2.56. The van der Waals surface area contributed by atoms with Crippen molar-refractivity contribution in [3.63, 3.8) is 0 Å². The molecule has 4 nitrogen and oxygen atoms in total. The standard InChI is InChI=1S/C4H8N2O2S/c1-9-3-5-2-4(7,8)6-3/h7-8H,2H2,1H3,(H,5,6). The van der Waals surface area contributed by atoms with Crippen LogP contribution in [0.5, 0.6) is 0 Å². The molecule has 1 heterocycles. The van der Waals surface area contributed by atoms with Crippen molar-refractivity contribution in [2.24, 2.45) is 4.99 Å². The highest BCUT2D eigenvalue weighted by molar-refractivity contribution is 8.13. The summed E-state index contributed by atoms with van der Waals surface area (Å²) in [5.74, 6) is -1.81. The summed E-state index contributed by atoms with van der Waals surface area (Å²) in [6.45, 7) is 0.0170. The lowest BCUT2D eigenvalue weighted by Crippen LogP contribution is -2.44. The Morgan fingerprint density at radius 3 is 2.67 bits per heavy atom. The van der Waals surface area contributed by atoms with Gasteiger partial charge in [-0.15, -0.1) is 0 Å². The molecule has 52 valence electrons. The number of nitrogens with zero attached hydrogens (tertiary/aromatic N) is 1. The molecule has 0 radical (unpaired) electrons. The zero-order chi connectivity index (χ0) is 6.91. The first-order valence-corrected chi connectivity index (χ1v) is 3.68. The smallest absolute Gasteiger partial charge is 0.266 e. The second-order valence-electron chi connectivity index (χ2n) is 1.77. The lowest BCUT2D eigenvalue weighted by molar-refractivity contribution is -0.156. The van der Waals surface area contributed by atoms with Gasteiger partial charge in [0.25, 0.3) is 5.91 Å². The molecule has 0 unspecified atom stereocenters. The molecule has 0 amide bonds. The molecule has 1 aliphatic heterocycles. The van der Waals surface area contributed by atoms with Crippen LogP contribution in [0.4, 0.5) is 0 Å². The molecule has 0 aromatic carbocycles. The number of aliphatic hydroxyl groups is 2. The number of nitrogens with one attached hydrogen (secondary N) is 1. The van der Waals surface area contributed by atoms with Crippen molar-refractivity contribution < 1.29 is 10.2 Å². The van der Waals surface area contributed by atoms with E-state index in [0.717, 1.165) is 0 Å². The molecular formula is C4H8N2O2S. The average molecular weight is 148 g/mol. The number of hydrogen-bond acceptors (Lipinski definition) is 5. The molecule has 0 bridgehead atoms. The highest BCUT2D eigenvalue weighted by Crippen LogP contribution is 2.08. The molecule has 5 heteroatoms. The van der Waals surface area contributed by atoms with Crippen molar-refractivity contribution in [2.75, 3.05) is 12.8 Å². The zero-order valence-corrected chi connectivity index (χ0v) is 5.77. The first-order chi connectivity index (χ1) is 4.14. The van der Waals surface area contributed by atoms with Gasteiger partial charge >= 0.3 is 0 Å². The van der Waals surface area contributed by atoms with E-state index in [4.69, 9.17) is 10.2 Å². The van der Waals surface area contributed by atoms with Crippen LogP contribution in [0.1, 0.15) is 0 Å². The van der Waals surface area contributed by atoms with Gasteiger partial charge in [0.1, 0.15) is 6.54 Å². The molecule has 0 saturated carbocycles. The number of hydrogen-bond donors (Lipinski definition) is 3. The molecule has 1 aliphatic rings. The monoisotopic (exact) mass is 148 g/mol. The summed E-state index contributed by atoms with van der Waals surface area (Å²) in [7, 11) is 0. The van der Waals surface area contributed by atoms with E-state index in [1.807, 2.05) is 6.26 Å². The molecule has 0 aromatic rings. The lowest BCUT2D eigenvalue weighted by Gasteiger charge is -2.13. The second kappa shape index (κ2) is 2.17. The number of aliphatic imine (C=N–C) groups is 1. The molecule has 0 aromatic heterocycles. The maximum absolute atomic E-state index is 8.81. The van der Waals surface area contributed by atoms with Crippen molar-refractivity contribution in [1.82, 2.24) is 5.32 Å². The molecule has 0 saturated heterocycles. The topological polar surface area (TPSA) is 64.9 Å². The molecule has 0 fully saturated rings. The minimum atomic E-state index is -1.81. The van der Waals surface area contributed by atoms with Crippen molar-refractivity contribution in [3.05, 3.63) is 0 Å². The van der Waals surface area contributed by atoms with Gasteiger partial charge in [0.2, 0.25) is 0 Å². The number of thioether (sulfide) groups is 1. The highest BCUT2D eigenvalue weighted by atomic mass is 32.2. The van der Waals surface area contributed by atoms with Gasteiger partial charge in [-0.1, -0.05) is 11.8 Å². The van der Waals surface area contributed by atoms with E-state index in [0.29, 0.717) is 5.17 Å². The first kappa shape index (κ1) is 6.85. The van der Waals surface area contributed by atoms with Gasteiger partial charge in [-0.2, -0.15) is 0 Å². The van der Waals surface area contributed by atoms with E-state index in [-0.39, 0.29) is 6.54 Å². The molecule has 0 atom stereocenters. The van der Waals surface area contributed by atoms with Gasteiger partial charge in [0.15, 0.2) is 5.17 Å². The van der Waals surface area contributed by atoms with Crippen LogP contribution in [0.3, 0.4) is 0 Å². The van der Waals surface area contributed by atoms with Crippen LogP contribution in [0.25, 0.3) is 0 Å². The summed E-state index contributed by atoms with van der Waals surface area (Å²) < 4.78 is 0. The summed E-state index contributed by atoms with van der Waals surface area (Å²) in [6, 6.07) is 0. The summed E-state index contributed by atoms with van der Waals surface area (Å²) in [6.07, 6.45) is 1.81. The van der Waals surface area contributed by atoms with Crippen molar-refractivity contribution in [1.29, 1.82) is 0 Å². The minimum absolute atomic E-state index is 0.0170. The molecule has 0 aliphatic carbocycles. The van der Waals surface area contributed by atoms with E-state index in [1.54, 1.807) is 0 Å². The molecule has 9 heavy (non-hydrogen) atoms. The lowest BCUT2D eigenvalue weighted by atomic mass is 10.5. The van der Waals surface area contributed by atoms with Crippen LogP contribution in [0.15, 0.2) is 4.99 Å². The van der Waals surface area contributed by atoms with Gasteiger partial charge in [-0.3, -0.25) is 4.99 Å². The fourth-order valence-electron chi connectivity index (χ4n) is 0.548. The molecule has 1 rings (SSSR count). The summed E-state index contributed by atoms with van der Waals surface area (Å²) in [5.41, 5.74) is 0. The van der Waals surface area contributed by atoms with Crippen LogP contribution in [0, 0.1) is 0 Å². The van der Waals surface area contributed by atoms with E-state index in [2.05, 4.69) is 10.3 Å². The summed E-state index contributed by atoms with van der Waals surface area (Å²) >= 11 is 1.35. The van der Waals surface area contributed by atoms with Crippen LogP contribution in [-0.2, 0) is 0 Å². The predicted octanol–water partition coefficient (Wildman–Crippen LogP) is -1.05. The number of amidine groups is 1. The van der Waals surface area contributed by atoms with Crippen molar-refractivity contribution >= 4 is 16.9 Å². The summed E-state index contributed by atoms with van der Waals surface area (Å²) in [5, 5.41) is 20.6. The quantitative estimate of drug-likeness (QED) is 0.383. The van der Waals surface area contributed by atoms with Crippen molar-refractivity contribution in [2.45, 2.75) is 5.91 Å². The van der Waals surface area contributed by atoms with Crippen LogP contribution in [0.2, 0.25) is 0 Å². The van der Waals surface area contributed by atoms with Gasteiger partial charge < -0.3 is 15.5 Å². The third kappa shape index (κ3) is 1.57. The van der Waals surface area contributed by atoms with Crippen molar-refractivity contribution in [3.8, 4) is 0 Å². The Bertz CT molecular complexity index is 146. The van der Waals surface area contributed by atoms with Gasteiger partial charge in [-0.25, -0.2) is 0 Å². The molecular weight excluding hydrogens is 140 g/mol. The molecule has 0 spiro atoms. The van der Waals surface area contributed by atoms with Crippen LogP contribution < -0.4 is 5.32 Å². The maximum atomic E-state index is 8.81. The largest absolute Gasteiger partial charge is 0.347 e. The van der Waals surface area contributed by atoms with E-state index in [9.17, 15) is 0 Å². The third-order valence-corrected chi connectivity index (χ3v) is 1.56. The Balaban J connectivity index is 2.50. The van der Waals surface area contributed by atoms with E-state index >= 15 is 0 Å². The van der Waals surface area contributed by atoms with Crippen LogP contribution in [-0.4, -0.2) is 34.1 Å². The number of rotatable bonds is 0. The highest BCUT2D eigenvalue weighted by Gasteiger charge is 2.28. The third-order valence-electron chi connectivity index (χ3n) is 0.944. The summed E-state index contributed by atoms with van der Waals surface area (Å²) in [4.78, 5) is 3.78. The maximum Gasteiger partial charge on any atom is 0.266 e. The Labute approximate surface area is 57.0 Å². The Hall–Kier alpha value is -0.260. The van der Waals surface area contributed by atoms with E-state index < -0.39 is 5.91 Å². The SMILES string of the molecule is CSC1=NCC(O)(O)N1. The van der Waals surface area contributed by atoms with Gasteiger partial charge in [0.05, 0.1) is 0 Å². The first-order valence-electron chi connectivity index (χ1n) is 2.45. The fraction of sp³-hybridized carbons (Fsp3) is 0.750. The average Bonchev–Trinajstić information content (AvgIpc) is 2.10. The van der Waals surface area contributed by atoms with Gasteiger partial charge in [0, 0.05) is 0 Å². The Morgan fingerprint density at radius 1 is 1.78 bits per heavy atom. The Kier molecular flexibility index (Phi) is 1.65. The molecule has 3 N–H and O–H groups in total. The normalized spacial score (nSPS) is 23.2. The van der Waals surface area contributed by atoms with Crippen LogP contribution >= 0.6 is 11.8 Å². The van der Waals surface area contributed by atoms with E-state index in [1.165, 1.54) is 11.8 Å². The zero-order valence-electron chi connectivity index (χ0n) is 4.96. The Morgan fingerprint density at radius 2 is 2.44 bits per heavy atom. The minimum Gasteiger partial charge on any atom is -0.347 e. The van der Waals surface area contributed by atoms with Gasteiger partial charge in [-0.05, 0) is 6.26 Å². The fourth-order valence-corrected chi connectivity index (χ4v) is 1.01. The predicted molar refractivity (Wildman–Crippen MR) is 36.1 cm³/mol.